The quantitative estimate of drug-likeness (QED) is 0.173. The molecule has 0 aliphatic carbocycles. The summed E-state index contributed by atoms with van der Waals surface area (Å²) in [5.41, 5.74) is 3.44. The lowest BCUT2D eigenvalue weighted by Gasteiger charge is -2.35. The Balaban J connectivity index is 1.15. The summed E-state index contributed by atoms with van der Waals surface area (Å²) in [6.45, 7) is 5.36. The van der Waals surface area contributed by atoms with Gasteiger partial charge in [-0.15, -0.1) is 0 Å². The van der Waals surface area contributed by atoms with Gasteiger partial charge in [-0.1, -0.05) is 28.7 Å². The van der Waals surface area contributed by atoms with Crippen LogP contribution in [0, 0.1) is 5.82 Å². The van der Waals surface area contributed by atoms with E-state index in [9.17, 15) is 14.3 Å². The summed E-state index contributed by atoms with van der Waals surface area (Å²) in [6.07, 6.45) is 6.94. The van der Waals surface area contributed by atoms with Crippen molar-refractivity contribution in [2.75, 3.05) is 45.3 Å². The topological polar surface area (TPSA) is 93.2 Å². The largest absolute Gasteiger partial charge is 0.496 e. The van der Waals surface area contributed by atoms with E-state index in [2.05, 4.69) is 34.8 Å². The molecule has 4 atom stereocenters. The van der Waals surface area contributed by atoms with Crippen LogP contribution in [0.15, 0.2) is 24.3 Å². The smallest absolute Gasteiger partial charge is 0.325 e. The Morgan fingerprint density at radius 1 is 1.34 bits per heavy atom. The van der Waals surface area contributed by atoms with Gasteiger partial charge >= 0.3 is 5.97 Å². The minimum absolute atomic E-state index is 0.0503. The maximum absolute atomic E-state index is 14.4. The molecular formula is C31H41FIN3O5. The lowest BCUT2D eigenvalue weighted by molar-refractivity contribution is -0.143. The summed E-state index contributed by atoms with van der Waals surface area (Å²) < 4.78 is 32.4. The molecular weight excluding hydrogens is 640 g/mol. The molecule has 1 aromatic carbocycles. The van der Waals surface area contributed by atoms with Crippen LogP contribution in [-0.2, 0) is 27.1 Å². The van der Waals surface area contributed by atoms with Gasteiger partial charge in [-0.2, -0.15) is 0 Å². The first-order chi connectivity index (χ1) is 19.7. The zero-order valence-corrected chi connectivity index (χ0v) is 26.1. The van der Waals surface area contributed by atoms with Crippen LogP contribution in [0.5, 0.6) is 5.75 Å². The summed E-state index contributed by atoms with van der Waals surface area (Å²) in [5.74, 6) is 0.446. The number of fused-ring (bicyclic) bond motifs is 1. The third kappa shape index (κ3) is 7.50. The highest BCUT2D eigenvalue weighted by Crippen LogP contribution is 2.41. The van der Waals surface area contributed by atoms with Crippen LogP contribution in [0.1, 0.15) is 80.0 Å². The van der Waals surface area contributed by atoms with E-state index < -0.39 is 17.8 Å². The minimum Gasteiger partial charge on any atom is -0.496 e. The van der Waals surface area contributed by atoms with Gasteiger partial charge in [0.1, 0.15) is 23.4 Å². The van der Waals surface area contributed by atoms with Gasteiger partial charge in [0.2, 0.25) is 0 Å². The molecule has 2 N–H and O–H groups in total. The third-order valence-corrected chi connectivity index (χ3v) is 9.26. The second-order valence-corrected chi connectivity index (χ2v) is 14.3. The predicted molar refractivity (Wildman–Crippen MR) is 164 cm³/mol. The van der Waals surface area contributed by atoms with E-state index in [4.69, 9.17) is 19.2 Å². The zero-order valence-electron chi connectivity index (χ0n) is 24.0. The summed E-state index contributed by atoms with van der Waals surface area (Å²) in [7, 11) is 1.71. The van der Waals surface area contributed by atoms with Crippen LogP contribution in [0.2, 0.25) is 0 Å². The number of nitrogens with zero attached hydrogens (tertiary/aromatic N) is 2. The molecule has 1 unspecified atom stereocenters. The maximum Gasteiger partial charge on any atom is 0.325 e. The number of methoxy groups -OCH3 is 1. The molecule has 0 radical (unpaired) electrons. The molecule has 2 fully saturated rings. The Hall–Kier alpha value is -2.02. The number of ether oxygens (including phenoxy) is 3. The number of nitrogens with one attached hydrogen (secondary N) is 1. The van der Waals surface area contributed by atoms with Crippen molar-refractivity contribution in [1.29, 1.82) is 0 Å². The standard InChI is InChI=1S/C31H41FIN3O5/c1-31(33)12-10-26(41-19-31)23-9-8-20(32)16-25(23)28(30(37)38)36-14-11-22(18-36)40-15-4-3-6-21-17-27(39-2)24-7-5-13-34-29(24)35-21/h8-9,16-17,22,26,28H,3-7,10-15,18-19H2,1-2H3,(H,34,35)(H,37,38)/t22-,26-,28-,31?/m1/s1. The van der Waals surface area contributed by atoms with Crippen LogP contribution in [-0.4, -0.2) is 70.4 Å². The monoisotopic (exact) mass is 681 g/mol. The summed E-state index contributed by atoms with van der Waals surface area (Å²) in [4.78, 5) is 19.3. The molecule has 41 heavy (non-hydrogen) atoms. The maximum atomic E-state index is 14.4. The number of carboxylic acids is 1. The minimum atomic E-state index is -0.977. The van der Waals surface area contributed by atoms with Crippen LogP contribution in [0.4, 0.5) is 10.2 Å². The number of pyridine rings is 1. The number of carbonyl (C=O) groups is 1. The SMILES string of the molecule is COc1cc(CCCCO[C@@H]2CCN([C@@H](C(=O)O)c3cc(F)ccc3[C@H]3CCC(C)(I)CO3)C2)nc2c1CCCN2. The fraction of sp³-hybridized carbons (Fsp3) is 0.613. The van der Waals surface area contributed by atoms with E-state index >= 15 is 0 Å². The average Bonchev–Trinajstić information content (AvgIpc) is 3.41. The Bertz CT molecular complexity index is 1200. The summed E-state index contributed by atoms with van der Waals surface area (Å²) >= 11 is 2.41. The molecule has 4 heterocycles. The molecule has 3 aliphatic rings. The normalized spacial score (nSPS) is 25.4. The number of benzene rings is 1. The number of aliphatic carboxylic acids is 1. The molecule has 0 saturated carbocycles. The number of carboxylic acid groups (broad SMARTS) is 1. The number of unbranched alkanes of at least 4 members (excludes halogenated alkanes) is 1. The Labute approximate surface area is 255 Å². The van der Waals surface area contributed by atoms with Crippen molar-refractivity contribution in [2.45, 2.75) is 80.0 Å². The predicted octanol–water partition coefficient (Wildman–Crippen LogP) is 5.87. The van der Waals surface area contributed by atoms with E-state index in [1.165, 1.54) is 12.1 Å². The van der Waals surface area contributed by atoms with Gasteiger partial charge in [0.25, 0.3) is 0 Å². The number of hydrogen-bond donors (Lipinski definition) is 2. The number of aryl methyl sites for hydroxylation is 1. The fourth-order valence-corrected chi connectivity index (χ4v) is 6.71. The van der Waals surface area contributed by atoms with Gasteiger partial charge in [-0.05, 0) is 81.5 Å². The lowest BCUT2D eigenvalue weighted by atomic mass is 9.90. The molecule has 2 aromatic rings. The molecule has 5 rings (SSSR count). The number of hydrogen-bond acceptors (Lipinski definition) is 7. The Kier molecular flexibility index (Phi) is 10.0. The molecule has 8 nitrogen and oxygen atoms in total. The number of likely N-dealkylation sites (tertiary alicyclic amines) is 1. The summed E-state index contributed by atoms with van der Waals surface area (Å²) in [6, 6.07) is 5.59. The van der Waals surface area contributed by atoms with Crippen molar-refractivity contribution >= 4 is 34.4 Å². The molecule has 0 amide bonds. The van der Waals surface area contributed by atoms with E-state index in [0.29, 0.717) is 31.9 Å². The first-order valence-corrected chi connectivity index (χ1v) is 15.8. The molecule has 0 bridgehead atoms. The zero-order chi connectivity index (χ0) is 29.0. The van der Waals surface area contributed by atoms with Gasteiger partial charge in [0, 0.05) is 47.0 Å². The molecule has 3 aliphatic heterocycles. The van der Waals surface area contributed by atoms with Crippen LogP contribution in [0.25, 0.3) is 0 Å². The Morgan fingerprint density at radius 3 is 2.95 bits per heavy atom. The van der Waals surface area contributed by atoms with E-state index in [0.717, 1.165) is 86.3 Å². The molecule has 224 valence electrons. The van der Waals surface area contributed by atoms with Gasteiger partial charge in [0.15, 0.2) is 0 Å². The van der Waals surface area contributed by atoms with Crippen molar-refractivity contribution < 1.29 is 28.5 Å². The number of halogens is 2. The number of aromatic nitrogens is 1. The van der Waals surface area contributed by atoms with Crippen molar-refractivity contribution in [3.63, 3.8) is 0 Å². The molecule has 1 aromatic heterocycles. The third-order valence-electron chi connectivity index (χ3n) is 8.41. The number of anilines is 1. The number of rotatable bonds is 11. The van der Waals surface area contributed by atoms with Crippen LogP contribution < -0.4 is 10.1 Å². The van der Waals surface area contributed by atoms with Crippen molar-refractivity contribution in [3.8, 4) is 5.75 Å². The van der Waals surface area contributed by atoms with E-state index in [-0.39, 0.29) is 15.6 Å². The number of alkyl halides is 1. The highest BCUT2D eigenvalue weighted by Gasteiger charge is 2.38. The van der Waals surface area contributed by atoms with E-state index in [1.54, 1.807) is 13.2 Å². The summed E-state index contributed by atoms with van der Waals surface area (Å²) in [5, 5.41) is 13.7. The van der Waals surface area contributed by atoms with Crippen molar-refractivity contribution in [2.24, 2.45) is 0 Å². The second-order valence-electron chi connectivity index (χ2n) is 11.7. The second kappa shape index (κ2) is 13.5. The molecule has 2 saturated heterocycles. The Morgan fingerprint density at radius 2 is 2.20 bits per heavy atom. The van der Waals surface area contributed by atoms with Gasteiger partial charge in [0.05, 0.1) is 25.9 Å². The highest BCUT2D eigenvalue weighted by molar-refractivity contribution is 14.1. The van der Waals surface area contributed by atoms with Gasteiger partial charge in [-0.25, -0.2) is 9.37 Å². The van der Waals surface area contributed by atoms with E-state index in [1.807, 2.05) is 11.0 Å². The molecule has 10 heteroatoms. The van der Waals surface area contributed by atoms with Crippen molar-refractivity contribution in [3.05, 3.63) is 52.5 Å². The first kappa shape index (κ1) is 30.4. The van der Waals surface area contributed by atoms with Gasteiger partial charge in [-0.3, -0.25) is 9.69 Å². The average molecular weight is 682 g/mol. The fourth-order valence-electron chi connectivity index (χ4n) is 6.22. The van der Waals surface area contributed by atoms with Crippen molar-refractivity contribution in [1.82, 2.24) is 9.88 Å². The first-order valence-electron chi connectivity index (χ1n) is 14.7. The van der Waals surface area contributed by atoms with Gasteiger partial charge < -0.3 is 24.6 Å². The van der Waals surface area contributed by atoms with Crippen LogP contribution in [0.3, 0.4) is 0 Å². The lowest BCUT2D eigenvalue weighted by Crippen LogP contribution is -2.35. The molecule has 0 spiro atoms. The highest BCUT2D eigenvalue weighted by atomic mass is 127. The van der Waals surface area contributed by atoms with Crippen LogP contribution >= 0.6 is 22.6 Å².